The van der Waals surface area contributed by atoms with Crippen molar-refractivity contribution in [3.63, 3.8) is 0 Å². The molecule has 0 fully saturated rings. The second-order valence-electron chi connectivity index (χ2n) is 5.95. The lowest BCUT2D eigenvalue weighted by Gasteiger charge is -2.10. The first-order chi connectivity index (χ1) is 12.7. The molecule has 0 saturated carbocycles. The monoisotopic (exact) mass is 501 g/mol. The number of guanidine groups is 1. The Hall–Kier alpha value is -1.68. The van der Waals surface area contributed by atoms with Gasteiger partial charge in [0, 0.05) is 41.3 Å². The molecule has 2 aromatic heterocycles. The van der Waals surface area contributed by atoms with Crippen molar-refractivity contribution in [3.05, 3.63) is 51.9 Å². The fourth-order valence-electron chi connectivity index (χ4n) is 2.75. The topological polar surface area (TPSA) is 65.1 Å². The van der Waals surface area contributed by atoms with Crippen LogP contribution in [0.5, 0.6) is 0 Å². The van der Waals surface area contributed by atoms with E-state index in [-0.39, 0.29) is 29.8 Å². The summed E-state index contributed by atoms with van der Waals surface area (Å²) in [5, 5.41) is 8.70. The molecular weight excluding hydrogens is 476 g/mol. The number of aromatic amines is 1. The maximum Gasteiger partial charge on any atom is 0.191 e. The van der Waals surface area contributed by atoms with E-state index in [0.717, 1.165) is 53.4 Å². The molecular formula is C19H25FIN5S. The molecule has 3 aromatic rings. The number of hydrogen-bond donors (Lipinski definition) is 3. The molecule has 0 spiro atoms. The van der Waals surface area contributed by atoms with E-state index in [1.54, 1.807) is 11.3 Å². The Bertz CT molecular complexity index is 889. The van der Waals surface area contributed by atoms with Crippen LogP contribution < -0.4 is 10.6 Å². The van der Waals surface area contributed by atoms with Gasteiger partial charge in [-0.05, 0) is 43.5 Å². The maximum absolute atomic E-state index is 13.3. The molecule has 0 unspecified atom stereocenters. The third-order valence-corrected chi connectivity index (χ3v) is 5.21. The van der Waals surface area contributed by atoms with Crippen LogP contribution in [0, 0.1) is 5.82 Å². The van der Waals surface area contributed by atoms with Crippen LogP contribution in [0.2, 0.25) is 0 Å². The van der Waals surface area contributed by atoms with Gasteiger partial charge < -0.3 is 15.6 Å². The third-order valence-electron chi connectivity index (χ3n) is 4.08. The smallest absolute Gasteiger partial charge is 0.191 e. The zero-order chi connectivity index (χ0) is 18.4. The molecule has 2 heterocycles. The Morgan fingerprint density at radius 3 is 2.89 bits per heavy atom. The van der Waals surface area contributed by atoms with E-state index in [4.69, 9.17) is 0 Å². The van der Waals surface area contributed by atoms with Crippen LogP contribution in [0.4, 0.5) is 4.39 Å². The Morgan fingerprint density at radius 1 is 1.30 bits per heavy atom. The van der Waals surface area contributed by atoms with Gasteiger partial charge in [0.1, 0.15) is 10.8 Å². The van der Waals surface area contributed by atoms with E-state index in [1.165, 1.54) is 17.0 Å². The van der Waals surface area contributed by atoms with Crippen molar-refractivity contribution in [3.8, 4) is 0 Å². The molecule has 3 rings (SSSR count). The van der Waals surface area contributed by atoms with Crippen molar-refractivity contribution in [2.75, 3.05) is 13.1 Å². The summed E-state index contributed by atoms with van der Waals surface area (Å²) < 4.78 is 13.3. The highest BCUT2D eigenvalue weighted by molar-refractivity contribution is 14.0. The minimum Gasteiger partial charge on any atom is -0.361 e. The zero-order valence-electron chi connectivity index (χ0n) is 15.5. The van der Waals surface area contributed by atoms with Crippen LogP contribution in [0.1, 0.15) is 29.3 Å². The number of aryl methyl sites for hydroxylation is 1. The molecule has 0 aliphatic rings. The largest absolute Gasteiger partial charge is 0.361 e. The molecule has 0 radical (unpaired) electrons. The van der Waals surface area contributed by atoms with Crippen molar-refractivity contribution in [2.24, 2.45) is 4.99 Å². The van der Waals surface area contributed by atoms with Crippen molar-refractivity contribution in [1.82, 2.24) is 20.6 Å². The van der Waals surface area contributed by atoms with Gasteiger partial charge in [-0.15, -0.1) is 35.3 Å². The van der Waals surface area contributed by atoms with Gasteiger partial charge in [-0.3, -0.25) is 0 Å². The molecule has 0 amide bonds. The highest BCUT2D eigenvalue weighted by atomic mass is 127. The molecule has 0 bridgehead atoms. The number of thiazole rings is 1. The molecule has 0 saturated heterocycles. The first-order valence-corrected chi connectivity index (χ1v) is 9.72. The lowest BCUT2D eigenvalue weighted by molar-refractivity contribution is 0.629. The standard InChI is InChI=1S/C19H24FN5S.HI/c1-3-15-11-24-18(26-15)12-25-19(21-4-2)22-8-7-13-10-23-17-9-14(20)5-6-16(13)17;/h5-6,9-11,23H,3-4,7-8,12H2,1-2H3,(H2,21,22,25);1H. The number of nitrogens with zero attached hydrogens (tertiary/aromatic N) is 2. The second kappa shape index (κ2) is 10.6. The van der Waals surface area contributed by atoms with Gasteiger partial charge in [0.05, 0.1) is 6.54 Å². The summed E-state index contributed by atoms with van der Waals surface area (Å²) in [7, 11) is 0. The van der Waals surface area contributed by atoms with Gasteiger partial charge in [0.15, 0.2) is 5.96 Å². The van der Waals surface area contributed by atoms with E-state index in [0.29, 0.717) is 6.54 Å². The number of aromatic nitrogens is 2. The average molecular weight is 501 g/mol. The minimum atomic E-state index is -0.223. The lowest BCUT2D eigenvalue weighted by atomic mass is 10.1. The highest BCUT2D eigenvalue weighted by Gasteiger charge is 2.06. The number of H-pyrrole nitrogens is 1. The van der Waals surface area contributed by atoms with Crippen LogP contribution in [0.15, 0.2) is 35.6 Å². The summed E-state index contributed by atoms with van der Waals surface area (Å²) in [5.74, 6) is 0.561. The summed E-state index contributed by atoms with van der Waals surface area (Å²) in [6, 6.07) is 4.84. The Kier molecular flexibility index (Phi) is 8.49. The first kappa shape index (κ1) is 21.6. The fourth-order valence-corrected chi connectivity index (χ4v) is 3.54. The number of rotatable bonds is 7. The molecule has 0 atom stereocenters. The number of hydrogen-bond acceptors (Lipinski definition) is 3. The van der Waals surface area contributed by atoms with Crippen LogP contribution in [-0.2, 0) is 19.4 Å². The van der Waals surface area contributed by atoms with E-state index >= 15 is 0 Å². The van der Waals surface area contributed by atoms with Crippen molar-refractivity contribution in [1.29, 1.82) is 0 Å². The van der Waals surface area contributed by atoms with E-state index < -0.39 is 0 Å². The number of aliphatic imine (C=N–C) groups is 1. The number of fused-ring (bicyclic) bond motifs is 1. The Morgan fingerprint density at radius 2 is 2.15 bits per heavy atom. The van der Waals surface area contributed by atoms with Crippen LogP contribution in [0.3, 0.4) is 0 Å². The predicted molar refractivity (Wildman–Crippen MR) is 122 cm³/mol. The lowest BCUT2D eigenvalue weighted by Crippen LogP contribution is -2.38. The van der Waals surface area contributed by atoms with Crippen molar-refractivity contribution in [2.45, 2.75) is 33.2 Å². The molecule has 1 aromatic carbocycles. The maximum atomic E-state index is 13.3. The van der Waals surface area contributed by atoms with E-state index in [1.807, 2.05) is 25.4 Å². The van der Waals surface area contributed by atoms with Gasteiger partial charge in [-0.25, -0.2) is 14.4 Å². The number of benzene rings is 1. The van der Waals surface area contributed by atoms with Gasteiger partial charge in [0.2, 0.25) is 0 Å². The van der Waals surface area contributed by atoms with Gasteiger partial charge in [-0.2, -0.15) is 0 Å². The van der Waals surface area contributed by atoms with Gasteiger partial charge >= 0.3 is 0 Å². The van der Waals surface area contributed by atoms with Crippen LogP contribution in [-0.4, -0.2) is 29.0 Å². The molecule has 0 aliphatic heterocycles. The third kappa shape index (κ3) is 5.90. The molecule has 5 nitrogen and oxygen atoms in total. The fraction of sp³-hybridized carbons (Fsp3) is 0.368. The van der Waals surface area contributed by atoms with E-state index in [2.05, 4.69) is 32.5 Å². The Labute approximate surface area is 179 Å². The van der Waals surface area contributed by atoms with Crippen molar-refractivity contribution >= 4 is 52.2 Å². The highest BCUT2D eigenvalue weighted by Crippen LogP contribution is 2.19. The first-order valence-electron chi connectivity index (χ1n) is 8.90. The molecule has 3 N–H and O–H groups in total. The summed E-state index contributed by atoms with van der Waals surface area (Å²) >= 11 is 1.71. The molecule has 8 heteroatoms. The average Bonchev–Trinajstić information content (AvgIpc) is 3.26. The van der Waals surface area contributed by atoms with Crippen LogP contribution in [0.25, 0.3) is 10.9 Å². The summed E-state index contributed by atoms with van der Waals surface area (Å²) in [6.07, 6.45) is 5.70. The summed E-state index contributed by atoms with van der Waals surface area (Å²) in [6.45, 7) is 6.30. The van der Waals surface area contributed by atoms with Crippen LogP contribution >= 0.6 is 35.3 Å². The number of nitrogens with one attached hydrogen (secondary N) is 3. The minimum absolute atomic E-state index is 0. The van der Waals surface area contributed by atoms with Gasteiger partial charge in [0.25, 0.3) is 0 Å². The second-order valence-corrected chi connectivity index (χ2v) is 7.15. The molecule has 0 aliphatic carbocycles. The summed E-state index contributed by atoms with van der Waals surface area (Å²) in [5.41, 5.74) is 1.99. The van der Waals surface area contributed by atoms with Gasteiger partial charge in [-0.1, -0.05) is 6.92 Å². The van der Waals surface area contributed by atoms with Crippen molar-refractivity contribution < 1.29 is 4.39 Å². The normalized spacial score (nSPS) is 11.4. The van der Waals surface area contributed by atoms with E-state index in [9.17, 15) is 4.39 Å². The number of halogens is 2. The predicted octanol–water partition coefficient (Wildman–Crippen LogP) is 4.24. The quantitative estimate of drug-likeness (QED) is 0.258. The zero-order valence-corrected chi connectivity index (χ0v) is 18.7. The molecule has 146 valence electrons. The molecule has 27 heavy (non-hydrogen) atoms. The summed E-state index contributed by atoms with van der Waals surface area (Å²) in [4.78, 5) is 13.4. The SMILES string of the molecule is CCNC(=NCc1ncc(CC)s1)NCCc1c[nH]c2cc(F)ccc12.I. The Balaban J connectivity index is 0.00000261.